The topological polar surface area (TPSA) is 80.8 Å². The van der Waals surface area contributed by atoms with Crippen molar-refractivity contribution in [1.82, 2.24) is 4.90 Å². The van der Waals surface area contributed by atoms with Gasteiger partial charge in [-0.25, -0.2) is 8.42 Å². The van der Waals surface area contributed by atoms with Crippen LogP contribution >= 0.6 is 0 Å². The molecular weight excluding hydrogens is 318 g/mol. The van der Waals surface area contributed by atoms with Crippen molar-refractivity contribution in [2.24, 2.45) is 0 Å². The molecule has 1 amide bonds. The van der Waals surface area contributed by atoms with E-state index in [1.165, 1.54) is 4.90 Å². The van der Waals surface area contributed by atoms with Gasteiger partial charge in [0.1, 0.15) is 0 Å². The summed E-state index contributed by atoms with van der Waals surface area (Å²) in [4.78, 5) is 25.4. The van der Waals surface area contributed by atoms with Gasteiger partial charge in [0.05, 0.1) is 17.9 Å². The summed E-state index contributed by atoms with van der Waals surface area (Å²) in [6.45, 7) is 1.83. The van der Waals surface area contributed by atoms with Crippen LogP contribution in [0.1, 0.15) is 18.9 Å². The maximum absolute atomic E-state index is 12.2. The fourth-order valence-corrected chi connectivity index (χ4v) is 4.43. The van der Waals surface area contributed by atoms with E-state index in [4.69, 9.17) is 4.74 Å². The highest BCUT2D eigenvalue weighted by atomic mass is 32.2. The zero-order valence-electron chi connectivity index (χ0n) is 13.1. The van der Waals surface area contributed by atoms with Crippen LogP contribution in [0.5, 0.6) is 0 Å². The molecule has 1 aliphatic heterocycles. The first-order valence-corrected chi connectivity index (χ1v) is 9.43. The highest BCUT2D eigenvalue weighted by molar-refractivity contribution is 7.91. The summed E-state index contributed by atoms with van der Waals surface area (Å²) in [5.74, 6) is -0.726. The van der Waals surface area contributed by atoms with E-state index in [0.717, 1.165) is 5.56 Å². The first-order valence-electron chi connectivity index (χ1n) is 7.60. The van der Waals surface area contributed by atoms with E-state index in [-0.39, 0.29) is 36.5 Å². The molecule has 0 aromatic heterocycles. The molecule has 1 fully saturated rings. The van der Waals surface area contributed by atoms with Gasteiger partial charge in [0, 0.05) is 12.6 Å². The number of esters is 1. The minimum absolute atomic E-state index is 0.00938. The van der Waals surface area contributed by atoms with Crippen molar-refractivity contribution in [2.45, 2.75) is 25.8 Å². The van der Waals surface area contributed by atoms with E-state index in [0.29, 0.717) is 13.0 Å². The van der Waals surface area contributed by atoms with Crippen LogP contribution in [0.3, 0.4) is 0 Å². The third-order valence-electron chi connectivity index (χ3n) is 3.86. The Balaban J connectivity index is 1.84. The van der Waals surface area contributed by atoms with E-state index in [1.54, 1.807) is 6.92 Å². The molecule has 7 heteroatoms. The number of carbonyl (C=O) groups excluding carboxylic acids is 2. The molecule has 23 heavy (non-hydrogen) atoms. The van der Waals surface area contributed by atoms with Crippen LogP contribution in [0.15, 0.2) is 30.3 Å². The molecule has 6 nitrogen and oxygen atoms in total. The van der Waals surface area contributed by atoms with Gasteiger partial charge in [-0.3, -0.25) is 9.59 Å². The molecule has 2 rings (SSSR count). The second-order valence-electron chi connectivity index (χ2n) is 5.56. The Morgan fingerprint density at radius 3 is 2.52 bits per heavy atom. The number of carbonyl (C=O) groups is 2. The fourth-order valence-electron chi connectivity index (χ4n) is 2.70. The summed E-state index contributed by atoms with van der Waals surface area (Å²) >= 11 is 0. The third-order valence-corrected chi connectivity index (χ3v) is 5.61. The molecule has 126 valence electrons. The Bertz CT molecular complexity index is 656. The number of sulfone groups is 1. The normalized spacial score (nSPS) is 19.3. The van der Waals surface area contributed by atoms with E-state index >= 15 is 0 Å². The Morgan fingerprint density at radius 2 is 1.96 bits per heavy atom. The molecule has 1 unspecified atom stereocenters. The van der Waals surface area contributed by atoms with Crippen LogP contribution in [-0.4, -0.2) is 55.9 Å². The summed E-state index contributed by atoms with van der Waals surface area (Å²) in [6, 6.07) is 8.81. The van der Waals surface area contributed by atoms with E-state index in [2.05, 4.69) is 0 Å². The maximum Gasteiger partial charge on any atom is 0.310 e. The van der Waals surface area contributed by atoms with Gasteiger partial charge in [0.15, 0.2) is 16.4 Å². The van der Waals surface area contributed by atoms with Gasteiger partial charge >= 0.3 is 5.97 Å². The van der Waals surface area contributed by atoms with Crippen LogP contribution < -0.4 is 0 Å². The number of benzene rings is 1. The zero-order valence-corrected chi connectivity index (χ0v) is 13.9. The Hall–Kier alpha value is -1.89. The van der Waals surface area contributed by atoms with Gasteiger partial charge < -0.3 is 9.64 Å². The Kier molecular flexibility index (Phi) is 5.76. The molecule has 0 aliphatic carbocycles. The van der Waals surface area contributed by atoms with Crippen molar-refractivity contribution in [3.63, 3.8) is 0 Å². The molecule has 0 saturated carbocycles. The van der Waals surface area contributed by atoms with Gasteiger partial charge in [-0.2, -0.15) is 0 Å². The Morgan fingerprint density at radius 1 is 1.26 bits per heavy atom. The number of amides is 1. The highest BCUT2D eigenvalue weighted by Gasteiger charge is 2.34. The lowest BCUT2D eigenvalue weighted by atomic mass is 10.2. The molecule has 1 saturated heterocycles. The smallest absolute Gasteiger partial charge is 0.310 e. The molecular formula is C16H21NO5S. The summed E-state index contributed by atoms with van der Waals surface area (Å²) in [5, 5.41) is 0. The monoisotopic (exact) mass is 339 g/mol. The molecule has 0 spiro atoms. The molecule has 1 aliphatic rings. The second kappa shape index (κ2) is 7.59. The highest BCUT2D eigenvalue weighted by Crippen LogP contribution is 2.17. The van der Waals surface area contributed by atoms with Gasteiger partial charge in [-0.05, 0) is 18.9 Å². The van der Waals surface area contributed by atoms with Crippen molar-refractivity contribution < 1.29 is 22.7 Å². The number of hydrogen-bond donors (Lipinski definition) is 0. The van der Waals surface area contributed by atoms with Gasteiger partial charge in [-0.1, -0.05) is 30.3 Å². The molecule has 1 aromatic carbocycles. The predicted molar refractivity (Wildman–Crippen MR) is 85.6 cm³/mol. The minimum Gasteiger partial charge on any atom is -0.455 e. The fraction of sp³-hybridized carbons (Fsp3) is 0.500. The van der Waals surface area contributed by atoms with Crippen LogP contribution in [0.25, 0.3) is 0 Å². The standard InChI is InChI=1S/C16H21NO5S/c1-2-17(14-8-9-23(20,21)12-14)15(18)11-22-16(19)10-13-6-4-3-5-7-13/h3-7,14H,2,8-12H2,1H3. The molecule has 0 N–H and O–H groups in total. The Labute approximate surface area is 136 Å². The number of likely N-dealkylation sites (N-methyl/N-ethyl adjacent to an activating group) is 1. The van der Waals surface area contributed by atoms with Crippen molar-refractivity contribution in [3.05, 3.63) is 35.9 Å². The molecule has 1 heterocycles. The van der Waals surface area contributed by atoms with E-state index in [1.807, 2.05) is 30.3 Å². The molecule has 1 aromatic rings. The largest absolute Gasteiger partial charge is 0.455 e. The molecule has 1 atom stereocenters. The van der Waals surface area contributed by atoms with Crippen molar-refractivity contribution in [2.75, 3.05) is 24.7 Å². The van der Waals surface area contributed by atoms with Crippen LogP contribution in [0, 0.1) is 0 Å². The van der Waals surface area contributed by atoms with Crippen molar-refractivity contribution in [1.29, 1.82) is 0 Å². The number of nitrogens with zero attached hydrogens (tertiary/aromatic N) is 1. The molecule has 0 bridgehead atoms. The zero-order chi connectivity index (χ0) is 16.9. The van der Waals surface area contributed by atoms with Crippen LogP contribution in [0.2, 0.25) is 0 Å². The summed E-state index contributed by atoms with van der Waals surface area (Å²) in [5.41, 5.74) is 0.819. The second-order valence-corrected chi connectivity index (χ2v) is 7.79. The third kappa shape index (κ3) is 5.06. The maximum atomic E-state index is 12.2. The van der Waals surface area contributed by atoms with Gasteiger partial charge in [0.25, 0.3) is 5.91 Å². The first-order chi connectivity index (χ1) is 10.9. The van der Waals surface area contributed by atoms with Crippen molar-refractivity contribution in [3.8, 4) is 0 Å². The number of rotatable bonds is 6. The summed E-state index contributed by atoms with van der Waals surface area (Å²) < 4.78 is 28.1. The van der Waals surface area contributed by atoms with Crippen LogP contribution in [-0.2, 0) is 30.6 Å². The van der Waals surface area contributed by atoms with Gasteiger partial charge in [-0.15, -0.1) is 0 Å². The average molecular weight is 339 g/mol. The van der Waals surface area contributed by atoms with Crippen molar-refractivity contribution >= 4 is 21.7 Å². The SMILES string of the molecule is CCN(C(=O)COC(=O)Cc1ccccc1)C1CCS(=O)(=O)C1. The lowest BCUT2D eigenvalue weighted by molar-refractivity contribution is -0.152. The van der Waals surface area contributed by atoms with Crippen LogP contribution in [0.4, 0.5) is 0 Å². The average Bonchev–Trinajstić information content (AvgIpc) is 2.87. The van der Waals surface area contributed by atoms with E-state index in [9.17, 15) is 18.0 Å². The summed E-state index contributed by atoms with van der Waals surface area (Å²) in [7, 11) is -3.06. The summed E-state index contributed by atoms with van der Waals surface area (Å²) in [6.07, 6.45) is 0.553. The lowest BCUT2D eigenvalue weighted by Gasteiger charge is -2.26. The predicted octanol–water partition coefficient (Wildman–Crippen LogP) is 0.808. The minimum atomic E-state index is -3.06. The first kappa shape index (κ1) is 17.5. The quantitative estimate of drug-likeness (QED) is 0.717. The number of ether oxygens (including phenoxy) is 1. The van der Waals surface area contributed by atoms with E-state index < -0.39 is 15.8 Å². The molecule has 0 radical (unpaired) electrons. The van der Waals surface area contributed by atoms with Gasteiger partial charge in [0.2, 0.25) is 0 Å². The lowest BCUT2D eigenvalue weighted by Crippen LogP contribution is -2.43. The number of hydrogen-bond acceptors (Lipinski definition) is 5.